The van der Waals surface area contributed by atoms with Crippen molar-refractivity contribution in [3.05, 3.63) is 83.9 Å². The zero-order chi connectivity index (χ0) is 25.4. The summed E-state index contributed by atoms with van der Waals surface area (Å²) in [6, 6.07) is 27.9. The molecule has 8 aromatic rings. The summed E-state index contributed by atoms with van der Waals surface area (Å²) in [7, 11) is 0. The summed E-state index contributed by atoms with van der Waals surface area (Å²) in [5, 5.41) is 15.8. The van der Waals surface area contributed by atoms with Crippen molar-refractivity contribution in [3.8, 4) is 10.4 Å². The van der Waals surface area contributed by atoms with Gasteiger partial charge in [-0.25, -0.2) is 0 Å². The van der Waals surface area contributed by atoms with E-state index in [9.17, 15) is 0 Å². The Hall–Kier alpha value is -3.42. The lowest BCUT2D eigenvalue weighted by Gasteiger charge is -2.23. The zero-order valence-corrected chi connectivity index (χ0v) is 23.2. The van der Waals surface area contributed by atoms with E-state index in [-0.39, 0.29) is 10.8 Å². The van der Waals surface area contributed by atoms with Gasteiger partial charge in [0, 0.05) is 25.7 Å². The van der Waals surface area contributed by atoms with E-state index in [1.54, 1.807) is 0 Å². The summed E-state index contributed by atoms with van der Waals surface area (Å²) in [4.78, 5) is 1.35. The lowest BCUT2D eigenvalue weighted by Crippen LogP contribution is -2.11. The Morgan fingerprint density at radius 3 is 1.62 bits per heavy atom. The third-order valence-corrected chi connectivity index (χ3v) is 9.79. The largest absolute Gasteiger partial charge is 0.135 e. The first-order chi connectivity index (χ1) is 17.6. The van der Waals surface area contributed by atoms with E-state index < -0.39 is 0 Å². The lowest BCUT2D eigenvalue weighted by molar-refractivity contribution is 0.596. The van der Waals surface area contributed by atoms with Crippen molar-refractivity contribution in [1.82, 2.24) is 0 Å². The summed E-state index contributed by atoms with van der Waals surface area (Å²) in [6.07, 6.45) is 0. The Morgan fingerprint density at radius 1 is 0.486 bits per heavy atom. The molecule has 0 aliphatic heterocycles. The van der Waals surface area contributed by atoms with Crippen LogP contribution in [0.2, 0.25) is 0 Å². The van der Waals surface area contributed by atoms with Crippen LogP contribution in [0.4, 0.5) is 0 Å². The van der Waals surface area contributed by atoms with Crippen molar-refractivity contribution in [2.45, 2.75) is 52.4 Å². The first kappa shape index (κ1) is 21.6. The minimum absolute atomic E-state index is 0.0562. The second kappa shape index (κ2) is 6.71. The van der Waals surface area contributed by atoms with Crippen molar-refractivity contribution >= 4 is 75.3 Å². The van der Waals surface area contributed by atoms with E-state index in [4.69, 9.17) is 0 Å². The van der Waals surface area contributed by atoms with Crippen LogP contribution in [0.15, 0.2) is 72.8 Å². The minimum Gasteiger partial charge on any atom is -0.135 e. The number of thiophene rings is 1. The Bertz CT molecular complexity index is 2000. The minimum atomic E-state index is 0.0562. The quantitative estimate of drug-likeness (QED) is 0.199. The van der Waals surface area contributed by atoms with Gasteiger partial charge >= 0.3 is 0 Å². The second-order valence-corrected chi connectivity index (χ2v) is 14.0. The third-order valence-electron chi connectivity index (χ3n) is 8.57. The first-order valence-electron chi connectivity index (χ1n) is 13.4. The molecule has 0 aliphatic rings. The summed E-state index contributed by atoms with van der Waals surface area (Å²) in [6.45, 7) is 14.2. The van der Waals surface area contributed by atoms with Crippen molar-refractivity contribution in [2.75, 3.05) is 0 Å². The van der Waals surface area contributed by atoms with E-state index >= 15 is 0 Å². The van der Waals surface area contributed by atoms with E-state index in [0.29, 0.717) is 0 Å². The molecule has 0 saturated carbocycles. The molecule has 0 amide bonds. The molecule has 0 aliphatic carbocycles. The second-order valence-electron chi connectivity index (χ2n) is 13.0. The van der Waals surface area contributed by atoms with E-state index in [1.165, 1.54) is 85.5 Å². The average molecular weight is 495 g/mol. The van der Waals surface area contributed by atoms with Gasteiger partial charge in [-0.2, -0.15) is 0 Å². The molecular weight excluding hydrogens is 464 g/mol. The van der Waals surface area contributed by atoms with Gasteiger partial charge in [0.15, 0.2) is 0 Å². The zero-order valence-electron chi connectivity index (χ0n) is 22.3. The monoisotopic (exact) mass is 494 g/mol. The molecule has 1 aromatic heterocycles. The molecule has 0 fully saturated rings. The van der Waals surface area contributed by atoms with Gasteiger partial charge in [-0.3, -0.25) is 0 Å². The molecule has 0 bridgehead atoms. The van der Waals surface area contributed by atoms with E-state index in [1.807, 2.05) is 11.3 Å². The van der Waals surface area contributed by atoms with Gasteiger partial charge in [0.25, 0.3) is 0 Å². The maximum atomic E-state index is 2.53. The molecular formula is C36H30S. The molecule has 8 rings (SSSR count). The topological polar surface area (TPSA) is 0 Å². The molecule has 0 unspecified atom stereocenters. The highest BCUT2D eigenvalue weighted by Gasteiger charge is 2.30. The van der Waals surface area contributed by atoms with Crippen molar-refractivity contribution < 1.29 is 0 Å². The maximum Gasteiger partial charge on any atom is 0.0434 e. The van der Waals surface area contributed by atoms with Crippen LogP contribution in [0, 0.1) is 0 Å². The summed E-state index contributed by atoms with van der Waals surface area (Å²) in [5.41, 5.74) is 4.32. The standard InChI is InChI=1S/C36H30S/c1-35(2,3)26-16-23-24-18-28(19-10-8-7-9-11-19)37-34(24)25-17-27(36(4,5)6)22-15-13-20-12-14-21(26)30-29(20)31(22)33(25)32(23)30/h7-18H,1-6H3. The Morgan fingerprint density at radius 2 is 1.03 bits per heavy atom. The van der Waals surface area contributed by atoms with Crippen LogP contribution in [-0.4, -0.2) is 0 Å². The molecule has 7 aromatic carbocycles. The number of fused-ring (bicyclic) bond motifs is 3. The van der Waals surface area contributed by atoms with Gasteiger partial charge in [0.1, 0.15) is 0 Å². The van der Waals surface area contributed by atoms with Gasteiger partial charge in [-0.05, 0) is 88.8 Å². The molecule has 0 saturated heterocycles. The summed E-state index contributed by atoms with van der Waals surface area (Å²) >= 11 is 1.96. The number of hydrogen-bond donors (Lipinski definition) is 0. The van der Waals surface area contributed by atoms with Gasteiger partial charge in [-0.15, -0.1) is 11.3 Å². The predicted octanol–water partition coefficient (Wildman–Crippen LogP) is 11.2. The molecule has 0 radical (unpaired) electrons. The van der Waals surface area contributed by atoms with E-state index in [0.717, 1.165) is 0 Å². The molecule has 0 atom stereocenters. The first-order valence-corrected chi connectivity index (χ1v) is 14.2. The van der Waals surface area contributed by atoms with Crippen molar-refractivity contribution in [1.29, 1.82) is 0 Å². The molecule has 0 spiro atoms. The predicted molar refractivity (Wildman–Crippen MR) is 166 cm³/mol. The highest BCUT2D eigenvalue weighted by Crippen LogP contribution is 2.55. The van der Waals surface area contributed by atoms with Crippen LogP contribution in [0.5, 0.6) is 0 Å². The SMILES string of the molecule is CC(C)(C)c1cc2c3cc(-c4ccccc4)sc3c3cc(C(C)(C)C)c4ccc5ccc1c1c5c4c3c21. The van der Waals surface area contributed by atoms with Gasteiger partial charge < -0.3 is 0 Å². The number of rotatable bonds is 1. The van der Waals surface area contributed by atoms with Gasteiger partial charge in [-0.1, -0.05) is 96.1 Å². The third kappa shape index (κ3) is 2.68. The van der Waals surface area contributed by atoms with Gasteiger partial charge in [0.2, 0.25) is 0 Å². The normalized spacial score (nSPS) is 13.7. The Balaban J connectivity index is 1.72. The Labute approximate surface area is 221 Å². The van der Waals surface area contributed by atoms with Crippen LogP contribution < -0.4 is 0 Å². The maximum absolute atomic E-state index is 2.53. The molecule has 1 heteroatoms. The van der Waals surface area contributed by atoms with Crippen molar-refractivity contribution in [3.63, 3.8) is 0 Å². The number of benzene rings is 6. The van der Waals surface area contributed by atoms with Crippen LogP contribution in [0.1, 0.15) is 52.7 Å². The molecule has 37 heavy (non-hydrogen) atoms. The average Bonchev–Trinajstić information content (AvgIpc) is 3.46. The van der Waals surface area contributed by atoms with Crippen LogP contribution >= 0.6 is 11.3 Å². The summed E-state index contributed by atoms with van der Waals surface area (Å²) < 4.78 is 1.43. The van der Waals surface area contributed by atoms with Crippen LogP contribution in [-0.2, 0) is 10.8 Å². The number of hydrogen-bond acceptors (Lipinski definition) is 1. The molecule has 180 valence electrons. The van der Waals surface area contributed by atoms with Crippen LogP contribution in [0.3, 0.4) is 0 Å². The Kier molecular flexibility index (Phi) is 3.93. The molecule has 0 N–H and O–H groups in total. The highest BCUT2D eigenvalue weighted by atomic mass is 32.1. The van der Waals surface area contributed by atoms with Crippen LogP contribution in [0.25, 0.3) is 74.4 Å². The molecule has 0 nitrogen and oxygen atoms in total. The smallest absolute Gasteiger partial charge is 0.0434 e. The fourth-order valence-electron chi connectivity index (χ4n) is 6.93. The van der Waals surface area contributed by atoms with Gasteiger partial charge in [0.05, 0.1) is 0 Å². The lowest BCUT2D eigenvalue weighted by atomic mass is 9.81. The van der Waals surface area contributed by atoms with E-state index in [2.05, 4.69) is 114 Å². The fourth-order valence-corrected chi connectivity index (χ4v) is 8.13. The van der Waals surface area contributed by atoms with Crippen molar-refractivity contribution in [2.24, 2.45) is 0 Å². The highest BCUT2D eigenvalue weighted by molar-refractivity contribution is 7.23. The molecule has 1 heterocycles. The fraction of sp³-hybridized carbons (Fsp3) is 0.222. The summed E-state index contributed by atoms with van der Waals surface area (Å²) in [5.74, 6) is 0.